The number of aromatic nitrogens is 4. The van der Waals surface area contributed by atoms with Gasteiger partial charge in [0.05, 0.1) is 35.2 Å². The number of Topliss-reactive ketones (excluding diaryl/α,β-unsaturated/α-hetero) is 1. The Morgan fingerprint density at radius 1 is 0.870 bits per heavy atom. The predicted octanol–water partition coefficient (Wildman–Crippen LogP) is 3.74. The molecule has 3 aromatic rings. The highest BCUT2D eigenvalue weighted by Crippen LogP contribution is 2.38. The predicted molar refractivity (Wildman–Crippen MR) is 206 cm³/mol. The fourth-order valence-electron chi connectivity index (χ4n) is 6.44. The lowest BCUT2D eigenvalue weighted by Gasteiger charge is -2.38. The number of amides is 4. The largest absolute Gasteiger partial charge is 0.506 e. The molecule has 2 saturated heterocycles. The van der Waals surface area contributed by atoms with Crippen LogP contribution < -0.4 is 16.0 Å². The number of phenols is 1. The van der Waals surface area contributed by atoms with Crippen LogP contribution in [-0.2, 0) is 29.1 Å². The summed E-state index contributed by atoms with van der Waals surface area (Å²) in [6, 6.07) is 2.91. The molecule has 16 heteroatoms. The van der Waals surface area contributed by atoms with Gasteiger partial charge in [-0.1, -0.05) is 45.5 Å². The summed E-state index contributed by atoms with van der Waals surface area (Å²) in [6.07, 6.45) is 2.52. The molecule has 54 heavy (non-hydrogen) atoms. The van der Waals surface area contributed by atoms with Crippen LogP contribution in [0.2, 0.25) is 5.02 Å². The van der Waals surface area contributed by atoms with E-state index in [1.165, 1.54) is 23.6 Å². The maximum Gasteiger partial charge on any atom is 0.270 e. The zero-order valence-corrected chi connectivity index (χ0v) is 33.1. The second-order valence-corrected chi connectivity index (χ2v) is 15.1. The van der Waals surface area contributed by atoms with Gasteiger partial charge in [0.1, 0.15) is 23.0 Å². The Labute approximate surface area is 320 Å². The third-order valence-corrected chi connectivity index (χ3v) is 9.69. The van der Waals surface area contributed by atoms with Gasteiger partial charge in [0.2, 0.25) is 11.8 Å². The van der Waals surface area contributed by atoms with Crippen molar-refractivity contribution in [1.82, 2.24) is 39.5 Å². The van der Waals surface area contributed by atoms with Crippen molar-refractivity contribution in [3.8, 4) is 5.75 Å². The lowest BCUT2D eigenvalue weighted by atomic mass is 9.86. The van der Waals surface area contributed by atoms with Crippen molar-refractivity contribution in [2.75, 3.05) is 31.5 Å². The normalized spacial score (nSPS) is 14.9. The minimum atomic E-state index is -0.292. The van der Waals surface area contributed by atoms with Crippen LogP contribution in [0.3, 0.4) is 0 Å². The number of carbonyl (C=O) groups excluding carboxylic acids is 5. The number of nitrogens with one attached hydrogen (secondary N) is 3. The van der Waals surface area contributed by atoms with Gasteiger partial charge in [0, 0.05) is 58.3 Å². The third kappa shape index (κ3) is 8.84. The molecule has 2 aromatic heterocycles. The molecule has 0 aliphatic carbocycles. The zero-order valence-electron chi connectivity index (χ0n) is 32.3. The van der Waals surface area contributed by atoms with Crippen molar-refractivity contribution in [3.05, 3.63) is 82.5 Å². The zero-order chi connectivity index (χ0) is 40.4. The molecule has 0 saturated carbocycles. The highest BCUT2D eigenvalue weighted by molar-refractivity contribution is 6.31. The van der Waals surface area contributed by atoms with Crippen LogP contribution in [0.1, 0.15) is 95.0 Å². The van der Waals surface area contributed by atoms with E-state index in [-0.39, 0.29) is 64.5 Å². The Morgan fingerprint density at radius 3 is 1.76 bits per heavy atom. The summed E-state index contributed by atoms with van der Waals surface area (Å²) in [5.41, 5.74) is 3.22. The summed E-state index contributed by atoms with van der Waals surface area (Å²) in [5, 5.41) is 20.0. The van der Waals surface area contributed by atoms with Crippen LogP contribution in [0.4, 0.5) is 5.69 Å². The summed E-state index contributed by atoms with van der Waals surface area (Å²) in [4.78, 5) is 71.5. The van der Waals surface area contributed by atoms with Gasteiger partial charge in [-0.05, 0) is 50.0 Å². The average molecular weight is 764 g/mol. The summed E-state index contributed by atoms with van der Waals surface area (Å²) >= 11 is 6.34. The summed E-state index contributed by atoms with van der Waals surface area (Å²) in [7, 11) is 3.43. The maximum atomic E-state index is 12.9. The van der Waals surface area contributed by atoms with E-state index in [1.54, 1.807) is 48.4 Å². The third-order valence-electron chi connectivity index (χ3n) is 9.38. The van der Waals surface area contributed by atoms with Crippen molar-refractivity contribution < 1.29 is 29.1 Å². The molecule has 2 fully saturated rings. The number of phenolic OH excluding ortho intramolecular Hbond substituents is 1. The molecule has 5 rings (SSSR count). The van der Waals surface area contributed by atoms with Crippen molar-refractivity contribution >= 4 is 46.7 Å². The number of halogens is 1. The number of hydrogen-bond acceptors (Lipinski definition) is 9. The number of hydrogen-bond donors (Lipinski definition) is 4. The molecule has 0 radical (unpaired) electrons. The van der Waals surface area contributed by atoms with Crippen LogP contribution in [0.25, 0.3) is 0 Å². The minimum Gasteiger partial charge on any atom is -0.506 e. The van der Waals surface area contributed by atoms with Gasteiger partial charge >= 0.3 is 0 Å². The van der Waals surface area contributed by atoms with Crippen LogP contribution >= 0.6 is 11.6 Å². The molecular formula is C38H50ClN9O6. The second kappa shape index (κ2) is 16.3. The fourth-order valence-corrected chi connectivity index (χ4v) is 6.89. The molecule has 2 aliphatic rings. The van der Waals surface area contributed by atoms with Crippen LogP contribution in [0.5, 0.6) is 5.75 Å². The molecule has 2 aliphatic heterocycles. The number of rotatable bonds is 10. The van der Waals surface area contributed by atoms with Gasteiger partial charge in [0.15, 0.2) is 11.6 Å². The molecular weight excluding hydrogens is 714 g/mol. The topological polar surface area (TPSA) is 184 Å². The van der Waals surface area contributed by atoms with E-state index in [0.717, 1.165) is 5.56 Å². The minimum absolute atomic E-state index is 0.0485. The van der Waals surface area contributed by atoms with E-state index in [2.05, 4.69) is 59.8 Å². The van der Waals surface area contributed by atoms with Crippen molar-refractivity contribution in [2.45, 2.75) is 72.0 Å². The fraction of sp³-hybridized carbons (Fsp3) is 0.447. The first-order valence-electron chi connectivity index (χ1n) is 17.5. The number of anilines is 1. The van der Waals surface area contributed by atoms with Gasteiger partial charge in [-0.2, -0.15) is 0 Å². The summed E-state index contributed by atoms with van der Waals surface area (Å²) < 4.78 is 3.25. The molecule has 4 amide bonds. The number of nitrogens with zero attached hydrogens (tertiary/aromatic N) is 6. The lowest BCUT2D eigenvalue weighted by molar-refractivity contribution is -0.131. The van der Waals surface area contributed by atoms with Crippen molar-refractivity contribution in [1.29, 1.82) is 0 Å². The van der Waals surface area contributed by atoms with Crippen molar-refractivity contribution in [2.24, 2.45) is 14.1 Å². The number of aryl methyl sites for hydroxylation is 2. The molecule has 0 bridgehead atoms. The van der Waals surface area contributed by atoms with Gasteiger partial charge < -0.3 is 40.0 Å². The average Bonchev–Trinajstić information content (AvgIpc) is 3.53. The Bertz CT molecular complexity index is 2000. The van der Waals surface area contributed by atoms with E-state index in [9.17, 15) is 29.1 Å². The first kappa shape index (κ1) is 41.3. The van der Waals surface area contributed by atoms with Gasteiger partial charge in [0.25, 0.3) is 11.8 Å². The molecule has 1 atom stereocenters. The first-order chi connectivity index (χ1) is 25.2. The molecule has 1 aromatic carbocycles. The highest BCUT2D eigenvalue weighted by Gasteiger charge is 2.33. The van der Waals surface area contributed by atoms with E-state index < -0.39 is 0 Å². The highest BCUT2D eigenvalue weighted by atomic mass is 35.5. The molecule has 0 spiro atoms. The monoisotopic (exact) mass is 763 g/mol. The number of carbonyl (C=O) groups is 5. The SMILES string of the molecule is C=CC(=O)N1CC(NC(=O)c2c(C)nc(C(C)=O)n2C)C1.C=CC(=O)N1CC(NC(=O)c2c(C)nc(C(C)Nc3cc(C(C)(C)C)c(Cl)cc3O)n2C)C1. The smallest absolute Gasteiger partial charge is 0.270 e. The van der Waals surface area contributed by atoms with Crippen LogP contribution in [-0.4, -0.2) is 102 Å². The quantitative estimate of drug-likeness (QED) is 0.136. The first-order valence-corrected chi connectivity index (χ1v) is 17.9. The maximum absolute atomic E-state index is 12.9. The van der Waals surface area contributed by atoms with E-state index in [0.29, 0.717) is 65.5 Å². The van der Waals surface area contributed by atoms with Gasteiger partial charge in [-0.3, -0.25) is 24.0 Å². The second-order valence-electron chi connectivity index (χ2n) is 14.6. The number of ketones is 1. The lowest BCUT2D eigenvalue weighted by Crippen LogP contribution is -2.60. The van der Waals surface area contributed by atoms with Crippen molar-refractivity contribution in [3.63, 3.8) is 0 Å². The van der Waals surface area contributed by atoms with Gasteiger partial charge in [-0.25, -0.2) is 9.97 Å². The number of imidazole rings is 2. The van der Waals surface area contributed by atoms with Crippen LogP contribution in [0.15, 0.2) is 37.4 Å². The summed E-state index contributed by atoms with van der Waals surface area (Å²) in [6.45, 7) is 21.7. The van der Waals surface area contributed by atoms with E-state index in [1.807, 2.05) is 13.0 Å². The Kier molecular flexibility index (Phi) is 12.5. The Balaban J connectivity index is 0.000000266. The number of benzene rings is 1. The summed E-state index contributed by atoms with van der Waals surface area (Å²) in [5.74, 6) is -0.0308. The molecule has 4 heterocycles. The Hall–Kier alpha value is -5.44. The number of aromatic hydroxyl groups is 1. The standard InChI is InChI=1S/C24H32ClN5O3.C14H18N4O3/c1-8-20(32)30-11-15(12-30)28-23(33)21-13(2)27-22(29(21)7)14(3)26-18-9-16(24(4,5)6)17(25)10-19(18)31;1-5-11(20)18-6-10(7-18)16-14(21)12-8(2)15-13(9(3)19)17(12)4/h8-10,14-15,26,31H,1,11-12H2,2-7H3,(H,28,33);5,10H,1,6-7H2,2-4H3,(H,16,21). The molecule has 15 nitrogen and oxygen atoms in total. The Morgan fingerprint density at radius 2 is 1.33 bits per heavy atom. The molecule has 290 valence electrons. The number of likely N-dealkylation sites (tertiary alicyclic amines) is 2. The molecule has 1 unspecified atom stereocenters. The van der Waals surface area contributed by atoms with Crippen LogP contribution in [0, 0.1) is 13.8 Å². The van der Waals surface area contributed by atoms with E-state index in [4.69, 9.17) is 11.6 Å². The molecule has 4 N–H and O–H groups in total. The van der Waals surface area contributed by atoms with Gasteiger partial charge in [-0.15, -0.1) is 0 Å². The van der Waals surface area contributed by atoms with E-state index >= 15 is 0 Å².